The summed E-state index contributed by atoms with van der Waals surface area (Å²) in [5.74, 6) is 0. The first kappa shape index (κ1) is 18.1. The molecule has 2 unspecified atom stereocenters. The van der Waals surface area contributed by atoms with Crippen LogP contribution in [0.15, 0.2) is 0 Å². The first-order chi connectivity index (χ1) is 9.55. The molecule has 0 aliphatic carbocycles. The van der Waals surface area contributed by atoms with Crippen molar-refractivity contribution in [2.75, 3.05) is 26.4 Å². The molecule has 5 nitrogen and oxygen atoms in total. The fourth-order valence-corrected chi connectivity index (χ4v) is 5.20. The standard InChI is InChI=1S/C14H30O5Si/c1-6-13(15-9-14-10-16-14)11-20(17-7-2,18-8-3)19-12(4)5/h12-14H,6-11H2,1-5H3. The van der Waals surface area contributed by atoms with E-state index in [-0.39, 0.29) is 18.3 Å². The van der Waals surface area contributed by atoms with Crippen molar-refractivity contribution in [3.8, 4) is 0 Å². The van der Waals surface area contributed by atoms with Gasteiger partial charge in [-0.3, -0.25) is 0 Å². The molecule has 1 heterocycles. The lowest BCUT2D eigenvalue weighted by atomic mass is 10.3. The Morgan fingerprint density at radius 3 is 2.15 bits per heavy atom. The van der Waals surface area contributed by atoms with Crippen LogP contribution in [0.4, 0.5) is 0 Å². The molecule has 1 aliphatic rings. The van der Waals surface area contributed by atoms with Gasteiger partial charge in [0.1, 0.15) is 6.10 Å². The molecular weight excluding hydrogens is 276 g/mol. The second kappa shape index (κ2) is 9.12. The SMILES string of the molecule is CCO[Si](CC(CC)OCC1CO1)(OCC)OC(C)C. The van der Waals surface area contributed by atoms with Crippen molar-refractivity contribution in [1.82, 2.24) is 0 Å². The Labute approximate surface area is 124 Å². The van der Waals surface area contributed by atoms with Gasteiger partial charge in [-0.1, -0.05) is 6.92 Å². The van der Waals surface area contributed by atoms with Crippen LogP contribution in [0.5, 0.6) is 0 Å². The van der Waals surface area contributed by atoms with Crippen molar-refractivity contribution in [2.45, 2.75) is 65.4 Å². The lowest BCUT2D eigenvalue weighted by Crippen LogP contribution is -2.50. The molecule has 1 rings (SSSR count). The van der Waals surface area contributed by atoms with E-state index in [9.17, 15) is 0 Å². The van der Waals surface area contributed by atoms with Gasteiger partial charge in [0.15, 0.2) is 0 Å². The van der Waals surface area contributed by atoms with Crippen LogP contribution in [-0.4, -0.2) is 53.5 Å². The van der Waals surface area contributed by atoms with Crippen LogP contribution >= 0.6 is 0 Å². The average Bonchev–Trinajstić information content (AvgIpc) is 3.18. The Hall–Kier alpha value is 0.0169. The van der Waals surface area contributed by atoms with E-state index >= 15 is 0 Å². The van der Waals surface area contributed by atoms with E-state index in [4.69, 9.17) is 22.8 Å². The van der Waals surface area contributed by atoms with Crippen LogP contribution in [-0.2, 0) is 22.8 Å². The predicted molar refractivity (Wildman–Crippen MR) is 79.8 cm³/mol. The number of epoxide rings is 1. The molecular formula is C14H30O5Si. The summed E-state index contributed by atoms with van der Waals surface area (Å²) in [7, 11) is -2.66. The van der Waals surface area contributed by atoms with Crippen LogP contribution in [0.1, 0.15) is 41.0 Å². The van der Waals surface area contributed by atoms with Crippen LogP contribution in [0.2, 0.25) is 6.04 Å². The van der Waals surface area contributed by atoms with E-state index in [1.807, 2.05) is 27.7 Å². The van der Waals surface area contributed by atoms with Gasteiger partial charge in [-0.25, -0.2) is 0 Å². The summed E-state index contributed by atoms with van der Waals surface area (Å²) in [5, 5.41) is 0. The summed E-state index contributed by atoms with van der Waals surface area (Å²) < 4.78 is 29.0. The van der Waals surface area contributed by atoms with E-state index in [1.54, 1.807) is 0 Å². The Kier molecular flexibility index (Phi) is 8.24. The average molecular weight is 306 g/mol. The van der Waals surface area contributed by atoms with Gasteiger partial charge in [0.25, 0.3) is 0 Å². The van der Waals surface area contributed by atoms with E-state index in [1.165, 1.54) is 0 Å². The summed E-state index contributed by atoms with van der Waals surface area (Å²) in [5.41, 5.74) is 0. The summed E-state index contributed by atoms with van der Waals surface area (Å²) >= 11 is 0. The predicted octanol–water partition coefficient (Wildman–Crippen LogP) is 2.62. The van der Waals surface area contributed by atoms with Crippen molar-refractivity contribution in [3.05, 3.63) is 0 Å². The minimum absolute atomic E-state index is 0.0871. The molecule has 0 amide bonds. The molecule has 1 fully saturated rings. The lowest BCUT2D eigenvalue weighted by molar-refractivity contribution is 0.00805. The van der Waals surface area contributed by atoms with Gasteiger partial charge >= 0.3 is 8.80 Å². The Balaban J connectivity index is 2.61. The van der Waals surface area contributed by atoms with Gasteiger partial charge in [0.05, 0.1) is 19.3 Å². The maximum absolute atomic E-state index is 6.06. The van der Waals surface area contributed by atoms with Crippen molar-refractivity contribution in [2.24, 2.45) is 0 Å². The fourth-order valence-electron chi connectivity index (χ4n) is 2.08. The Morgan fingerprint density at radius 2 is 1.75 bits per heavy atom. The zero-order valence-electron chi connectivity index (χ0n) is 13.5. The molecule has 0 aromatic rings. The first-order valence-electron chi connectivity index (χ1n) is 7.74. The molecule has 1 aliphatic heterocycles. The molecule has 0 N–H and O–H groups in total. The van der Waals surface area contributed by atoms with Crippen molar-refractivity contribution < 1.29 is 22.8 Å². The van der Waals surface area contributed by atoms with Crippen LogP contribution in [0, 0.1) is 0 Å². The molecule has 0 radical (unpaired) electrons. The minimum Gasteiger partial charge on any atom is -0.375 e. The van der Waals surface area contributed by atoms with Gasteiger partial charge in [-0.05, 0) is 34.1 Å². The maximum Gasteiger partial charge on any atom is 0.503 e. The Bertz CT molecular complexity index is 252. The molecule has 0 saturated carbocycles. The van der Waals surface area contributed by atoms with Gasteiger partial charge in [-0.15, -0.1) is 0 Å². The quantitative estimate of drug-likeness (QED) is 0.410. The third-order valence-electron chi connectivity index (χ3n) is 3.00. The third-order valence-corrected chi connectivity index (χ3v) is 6.24. The topological polar surface area (TPSA) is 49.5 Å². The van der Waals surface area contributed by atoms with Gasteiger partial charge in [0.2, 0.25) is 0 Å². The van der Waals surface area contributed by atoms with E-state index in [0.29, 0.717) is 25.9 Å². The van der Waals surface area contributed by atoms with Crippen LogP contribution in [0.25, 0.3) is 0 Å². The third kappa shape index (κ3) is 6.65. The second-order valence-electron chi connectivity index (χ2n) is 5.24. The van der Waals surface area contributed by atoms with Crippen molar-refractivity contribution >= 4 is 8.80 Å². The molecule has 0 bridgehead atoms. The van der Waals surface area contributed by atoms with Crippen molar-refractivity contribution in [3.63, 3.8) is 0 Å². The summed E-state index contributed by atoms with van der Waals surface area (Å²) in [6.45, 7) is 12.8. The zero-order valence-corrected chi connectivity index (χ0v) is 14.5. The summed E-state index contributed by atoms with van der Waals surface area (Å²) in [6.07, 6.45) is 1.39. The largest absolute Gasteiger partial charge is 0.503 e. The van der Waals surface area contributed by atoms with E-state index in [2.05, 4.69) is 6.92 Å². The monoisotopic (exact) mass is 306 g/mol. The Morgan fingerprint density at radius 1 is 1.15 bits per heavy atom. The molecule has 1 saturated heterocycles. The smallest absolute Gasteiger partial charge is 0.375 e. The van der Waals surface area contributed by atoms with Gasteiger partial charge < -0.3 is 22.8 Å². The second-order valence-corrected chi connectivity index (χ2v) is 7.83. The van der Waals surface area contributed by atoms with Gasteiger partial charge in [-0.2, -0.15) is 0 Å². The highest BCUT2D eigenvalue weighted by atomic mass is 28.4. The molecule has 20 heavy (non-hydrogen) atoms. The summed E-state index contributed by atoms with van der Waals surface area (Å²) in [6, 6.07) is 0.704. The fraction of sp³-hybridized carbons (Fsp3) is 1.00. The zero-order chi connectivity index (χ0) is 15.0. The first-order valence-corrected chi connectivity index (χ1v) is 9.67. The van der Waals surface area contributed by atoms with E-state index < -0.39 is 8.80 Å². The van der Waals surface area contributed by atoms with Crippen LogP contribution < -0.4 is 0 Å². The number of hydrogen-bond acceptors (Lipinski definition) is 5. The normalized spacial score (nSPS) is 20.4. The maximum atomic E-state index is 6.06. The van der Waals surface area contributed by atoms with Gasteiger partial charge in [0, 0.05) is 25.4 Å². The number of hydrogen-bond donors (Lipinski definition) is 0. The molecule has 0 aromatic heterocycles. The number of rotatable bonds is 12. The molecule has 0 spiro atoms. The van der Waals surface area contributed by atoms with E-state index in [0.717, 1.165) is 13.0 Å². The highest BCUT2D eigenvalue weighted by molar-refractivity contribution is 6.60. The lowest BCUT2D eigenvalue weighted by Gasteiger charge is -2.33. The summed E-state index contributed by atoms with van der Waals surface area (Å²) in [4.78, 5) is 0. The van der Waals surface area contributed by atoms with Crippen LogP contribution in [0.3, 0.4) is 0 Å². The molecule has 120 valence electrons. The highest BCUT2D eigenvalue weighted by Gasteiger charge is 2.44. The molecule has 6 heteroatoms. The number of ether oxygens (including phenoxy) is 2. The molecule has 2 atom stereocenters. The minimum atomic E-state index is -2.66. The highest BCUT2D eigenvalue weighted by Crippen LogP contribution is 2.24. The van der Waals surface area contributed by atoms with Crippen molar-refractivity contribution in [1.29, 1.82) is 0 Å². The molecule has 0 aromatic carbocycles.